The zero-order valence-corrected chi connectivity index (χ0v) is 12.0. The molecule has 0 unspecified atom stereocenters. The van der Waals surface area contributed by atoms with Gasteiger partial charge in [0.25, 0.3) is 0 Å². The van der Waals surface area contributed by atoms with Gasteiger partial charge in [-0.1, -0.05) is 53.8 Å². The Morgan fingerprint density at radius 1 is 1.33 bits per heavy atom. The molecule has 1 N–H and O–H groups in total. The summed E-state index contributed by atoms with van der Waals surface area (Å²) in [4.78, 5) is 15.9. The summed E-state index contributed by atoms with van der Waals surface area (Å²) in [6, 6.07) is 4.64. The molecule has 0 fully saturated rings. The second kappa shape index (κ2) is 6.83. The maximum atomic E-state index is 11.4. The Morgan fingerprint density at radius 3 is 2.56 bits per heavy atom. The molecule has 1 amide bonds. The minimum Gasteiger partial charge on any atom is -0.297 e. The molecule has 0 aliphatic carbocycles. The van der Waals surface area contributed by atoms with Gasteiger partial charge in [-0.3, -0.25) is 10.2 Å². The molecule has 0 saturated carbocycles. The molecule has 18 heavy (non-hydrogen) atoms. The van der Waals surface area contributed by atoms with E-state index in [4.69, 9.17) is 34.8 Å². The molecule has 1 aromatic carbocycles. The van der Waals surface area contributed by atoms with E-state index in [0.717, 1.165) is 0 Å². The topological polar surface area (TPSA) is 50.7 Å². The smallest absolute Gasteiger partial charge is 0.297 e. The Hall–Kier alpha value is -0.970. The monoisotopic (exact) mass is 308 g/mol. The SMILES string of the molecule is CC(C)/C(Cl)=N/OC(=O)Nc1ccc(Cl)c(Cl)c1. The third-order valence-corrected chi connectivity index (χ3v) is 3.10. The van der Waals surface area contributed by atoms with E-state index < -0.39 is 6.09 Å². The number of amides is 1. The number of rotatable bonds is 3. The van der Waals surface area contributed by atoms with Crippen molar-refractivity contribution in [2.24, 2.45) is 11.1 Å². The number of oxime groups is 1. The molecule has 1 rings (SSSR count). The third kappa shape index (κ3) is 4.72. The first-order valence-corrected chi connectivity index (χ1v) is 6.20. The fraction of sp³-hybridized carbons (Fsp3) is 0.273. The van der Waals surface area contributed by atoms with Crippen LogP contribution in [0, 0.1) is 5.92 Å². The van der Waals surface area contributed by atoms with Crippen molar-refractivity contribution in [3.63, 3.8) is 0 Å². The second-order valence-corrected chi connectivity index (χ2v) is 4.90. The minimum atomic E-state index is -0.757. The van der Waals surface area contributed by atoms with E-state index in [0.29, 0.717) is 15.7 Å². The molecule has 1 aromatic rings. The summed E-state index contributed by atoms with van der Waals surface area (Å²) < 4.78 is 0. The van der Waals surface area contributed by atoms with Crippen LogP contribution >= 0.6 is 34.8 Å². The Bertz CT molecular complexity index is 475. The molecule has 0 radical (unpaired) electrons. The van der Waals surface area contributed by atoms with Crippen molar-refractivity contribution in [2.75, 3.05) is 5.32 Å². The Morgan fingerprint density at radius 2 is 2.00 bits per heavy atom. The average Bonchev–Trinajstić information content (AvgIpc) is 2.30. The molecule has 7 heteroatoms. The lowest BCUT2D eigenvalue weighted by Gasteiger charge is -2.05. The van der Waals surface area contributed by atoms with Crippen LogP contribution in [0.5, 0.6) is 0 Å². The summed E-state index contributed by atoms with van der Waals surface area (Å²) in [6.45, 7) is 3.65. The van der Waals surface area contributed by atoms with E-state index >= 15 is 0 Å². The molecule has 0 spiro atoms. The average molecular weight is 310 g/mol. The van der Waals surface area contributed by atoms with Crippen LogP contribution in [0.15, 0.2) is 23.4 Å². The first-order valence-electron chi connectivity index (χ1n) is 5.06. The van der Waals surface area contributed by atoms with Crippen LogP contribution in [0.1, 0.15) is 13.8 Å². The second-order valence-electron chi connectivity index (χ2n) is 3.70. The zero-order valence-electron chi connectivity index (χ0n) is 9.71. The molecular weight excluding hydrogens is 298 g/mol. The van der Waals surface area contributed by atoms with Crippen molar-refractivity contribution in [1.29, 1.82) is 0 Å². The Labute approximate surface area is 120 Å². The lowest BCUT2D eigenvalue weighted by atomic mass is 10.2. The highest BCUT2D eigenvalue weighted by Gasteiger charge is 2.07. The number of carbonyl (C=O) groups excluding carboxylic acids is 1. The van der Waals surface area contributed by atoms with Crippen molar-refractivity contribution in [3.05, 3.63) is 28.2 Å². The number of hydrogen-bond acceptors (Lipinski definition) is 3. The van der Waals surface area contributed by atoms with Crippen molar-refractivity contribution < 1.29 is 9.63 Å². The minimum absolute atomic E-state index is 0.00977. The summed E-state index contributed by atoms with van der Waals surface area (Å²) in [5, 5.41) is 6.84. The largest absolute Gasteiger partial charge is 0.437 e. The van der Waals surface area contributed by atoms with Gasteiger partial charge >= 0.3 is 6.09 Å². The van der Waals surface area contributed by atoms with Crippen molar-refractivity contribution in [1.82, 2.24) is 0 Å². The lowest BCUT2D eigenvalue weighted by Crippen LogP contribution is -2.12. The molecule has 0 saturated heterocycles. The summed E-state index contributed by atoms with van der Waals surface area (Å²) in [5.41, 5.74) is 0.449. The number of anilines is 1. The summed E-state index contributed by atoms with van der Waals surface area (Å²) >= 11 is 17.2. The van der Waals surface area contributed by atoms with Crippen LogP contribution < -0.4 is 5.32 Å². The van der Waals surface area contributed by atoms with Gasteiger partial charge in [-0.15, -0.1) is 0 Å². The molecule has 4 nitrogen and oxygen atoms in total. The molecule has 0 aromatic heterocycles. The molecule has 0 atom stereocenters. The van der Waals surface area contributed by atoms with Gasteiger partial charge in [0, 0.05) is 11.6 Å². The molecule has 0 bridgehead atoms. The first kappa shape index (κ1) is 15.1. The van der Waals surface area contributed by atoms with Crippen molar-refractivity contribution in [3.8, 4) is 0 Å². The molecule has 0 aliphatic heterocycles. The fourth-order valence-electron chi connectivity index (χ4n) is 0.905. The van der Waals surface area contributed by atoms with Gasteiger partial charge in [0.1, 0.15) is 5.17 Å². The van der Waals surface area contributed by atoms with E-state index in [2.05, 4.69) is 15.3 Å². The van der Waals surface area contributed by atoms with Crippen LogP contribution in [0.25, 0.3) is 0 Å². The number of nitrogens with one attached hydrogen (secondary N) is 1. The van der Waals surface area contributed by atoms with Gasteiger partial charge in [0.2, 0.25) is 0 Å². The maximum absolute atomic E-state index is 11.4. The number of carbonyl (C=O) groups is 1. The lowest BCUT2D eigenvalue weighted by molar-refractivity contribution is 0.166. The highest BCUT2D eigenvalue weighted by Crippen LogP contribution is 2.25. The Kier molecular flexibility index (Phi) is 5.72. The van der Waals surface area contributed by atoms with Crippen LogP contribution in [0.3, 0.4) is 0 Å². The first-order chi connectivity index (χ1) is 8.40. The van der Waals surface area contributed by atoms with Crippen molar-refractivity contribution >= 4 is 51.8 Å². The van der Waals surface area contributed by atoms with Crippen molar-refractivity contribution in [2.45, 2.75) is 13.8 Å². The van der Waals surface area contributed by atoms with E-state index in [1.165, 1.54) is 6.07 Å². The van der Waals surface area contributed by atoms with Gasteiger partial charge in [0.05, 0.1) is 10.0 Å². The quantitative estimate of drug-likeness (QED) is 0.497. The third-order valence-electron chi connectivity index (χ3n) is 1.86. The van der Waals surface area contributed by atoms with Gasteiger partial charge in [-0.05, 0) is 18.2 Å². The summed E-state index contributed by atoms with van der Waals surface area (Å²) in [6.07, 6.45) is -0.757. The molecular formula is C11H11Cl3N2O2. The predicted octanol–water partition coefficient (Wildman–Crippen LogP) is 4.75. The zero-order chi connectivity index (χ0) is 13.7. The van der Waals surface area contributed by atoms with Crippen LogP contribution in [0.4, 0.5) is 10.5 Å². The highest BCUT2D eigenvalue weighted by molar-refractivity contribution is 6.65. The highest BCUT2D eigenvalue weighted by atomic mass is 35.5. The molecule has 98 valence electrons. The predicted molar refractivity (Wildman–Crippen MR) is 74.7 cm³/mol. The summed E-state index contributed by atoms with van der Waals surface area (Å²) in [7, 11) is 0. The van der Waals surface area contributed by atoms with E-state index in [1.54, 1.807) is 12.1 Å². The molecule has 0 heterocycles. The number of nitrogens with zero attached hydrogens (tertiary/aromatic N) is 1. The van der Waals surface area contributed by atoms with Crippen LogP contribution in [0.2, 0.25) is 10.0 Å². The van der Waals surface area contributed by atoms with Gasteiger partial charge in [-0.25, -0.2) is 4.79 Å². The van der Waals surface area contributed by atoms with Gasteiger partial charge < -0.3 is 0 Å². The number of halogens is 3. The van der Waals surface area contributed by atoms with E-state index in [1.807, 2.05) is 13.8 Å². The fourth-order valence-corrected chi connectivity index (χ4v) is 1.24. The van der Waals surface area contributed by atoms with E-state index in [9.17, 15) is 4.79 Å². The number of benzene rings is 1. The van der Waals surface area contributed by atoms with E-state index in [-0.39, 0.29) is 11.1 Å². The van der Waals surface area contributed by atoms with Crippen LogP contribution in [-0.2, 0) is 4.84 Å². The number of hydrogen-bond donors (Lipinski definition) is 1. The summed E-state index contributed by atoms with van der Waals surface area (Å²) in [5.74, 6) is -0.00977. The molecule has 0 aliphatic rings. The normalized spacial score (nSPS) is 11.6. The standard InChI is InChI=1S/C11H11Cl3N2O2/c1-6(2)10(14)16-18-11(17)15-7-3-4-8(12)9(13)5-7/h3-6H,1-2H3,(H,15,17)/b16-10-. The van der Waals surface area contributed by atoms with Gasteiger partial charge in [0.15, 0.2) is 0 Å². The Balaban J connectivity index is 2.60. The van der Waals surface area contributed by atoms with Crippen LogP contribution in [-0.4, -0.2) is 11.3 Å². The maximum Gasteiger partial charge on any atom is 0.437 e. The van der Waals surface area contributed by atoms with Gasteiger partial charge in [-0.2, -0.15) is 0 Å².